The lowest BCUT2D eigenvalue weighted by Gasteiger charge is -2.38. The van der Waals surface area contributed by atoms with E-state index in [0.717, 1.165) is 22.9 Å². The highest BCUT2D eigenvalue weighted by Gasteiger charge is 2.48. The summed E-state index contributed by atoms with van der Waals surface area (Å²) in [6.45, 7) is 3.02. The number of halogens is 5. The summed E-state index contributed by atoms with van der Waals surface area (Å²) in [4.78, 5) is 0. The minimum Gasteiger partial charge on any atom is -0.385 e. The fraction of sp³-hybridized carbons (Fsp3) is 0.389. The summed E-state index contributed by atoms with van der Waals surface area (Å²) in [7, 11) is 0. The standard InChI is InChI=1S/C18H15F5N2O/c1-17(2)6-13-14(15(26)16(17)20)11(18(21,22)23)8-25(13)10-4-3-9(7-24)12(19)5-10/h3-5,8,15-16,26H,6H2,1-2H3. The Hall–Kier alpha value is -2.40. The number of nitrogens with zero attached hydrogens (tertiary/aromatic N) is 2. The van der Waals surface area contributed by atoms with Gasteiger partial charge in [-0.15, -0.1) is 0 Å². The van der Waals surface area contributed by atoms with Gasteiger partial charge < -0.3 is 9.67 Å². The highest BCUT2D eigenvalue weighted by molar-refractivity contribution is 5.48. The second-order valence-corrected chi connectivity index (χ2v) is 7.06. The molecule has 0 radical (unpaired) electrons. The summed E-state index contributed by atoms with van der Waals surface area (Å²) < 4.78 is 69.8. The first-order valence-electron chi connectivity index (χ1n) is 7.81. The molecule has 8 heteroatoms. The molecule has 26 heavy (non-hydrogen) atoms. The van der Waals surface area contributed by atoms with Gasteiger partial charge in [0.05, 0.1) is 11.1 Å². The highest BCUT2D eigenvalue weighted by Crippen LogP contribution is 2.48. The molecule has 138 valence electrons. The van der Waals surface area contributed by atoms with Gasteiger partial charge in [-0.05, 0) is 24.6 Å². The maximum Gasteiger partial charge on any atom is 0.418 e. The third kappa shape index (κ3) is 2.76. The number of aliphatic hydroxyl groups is 1. The van der Waals surface area contributed by atoms with Crippen molar-refractivity contribution >= 4 is 0 Å². The molecule has 1 aliphatic rings. The van der Waals surface area contributed by atoms with Crippen molar-refractivity contribution in [2.24, 2.45) is 5.41 Å². The molecule has 0 spiro atoms. The van der Waals surface area contributed by atoms with E-state index in [1.807, 2.05) is 0 Å². The largest absolute Gasteiger partial charge is 0.418 e. The van der Waals surface area contributed by atoms with Crippen molar-refractivity contribution in [1.82, 2.24) is 4.57 Å². The summed E-state index contributed by atoms with van der Waals surface area (Å²) in [5, 5.41) is 19.0. The van der Waals surface area contributed by atoms with Crippen LogP contribution in [0, 0.1) is 22.6 Å². The predicted octanol–water partition coefficient (Wildman–Crippen LogP) is 4.46. The molecule has 0 amide bonds. The molecule has 1 heterocycles. The number of fused-ring (bicyclic) bond motifs is 1. The van der Waals surface area contributed by atoms with Crippen LogP contribution in [0.25, 0.3) is 5.69 Å². The molecule has 0 saturated carbocycles. The van der Waals surface area contributed by atoms with Crippen LogP contribution >= 0.6 is 0 Å². The van der Waals surface area contributed by atoms with E-state index in [0.29, 0.717) is 0 Å². The van der Waals surface area contributed by atoms with Gasteiger partial charge in [0.2, 0.25) is 0 Å². The third-order valence-electron chi connectivity index (χ3n) is 4.75. The van der Waals surface area contributed by atoms with Crippen LogP contribution in [0.1, 0.15) is 42.3 Å². The predicted molar refractivity (Wildman–Crippen MR) is 82.8 cm³/mol. The summed E-state index contributed by atoms with van der Waals surface area (Å²) in [6, 6.07) is 5.05. The molecule has 3 nitrogen and oxygen atoms in total. The third-order valence-corrected chi connectivity index (χ3v) is 4.75. The highest BCUT2D eigenvalue weighted by atomic mass is 19.4. The van der Waals surface area contributed by atoms with E-state index in [9.17, 15) is 27.1 Å². The topological polar surface area (TPSA) is 49.0 Å². The van der Waals surface area contributed by atoms with Crippen LogP contribution in [0.15, 0.2) is 24.4 Å². The van der Waals surface area contributed by atoms with Gasteiger partial charge in [-0.25, -0.2) is 8.78 Å². The van der Waals surface area contributed by atoms with Crippen molar-refractivity contribution in [3.05, 3.63) is 52.6 Å². The molecule has 1 N–H and O–H groups in total. The minimum absolute atomic E-state index is 0.0635. The van der Waals surface area contributed by atoms with Crippen molar-refractivity contribution in [1.29, 1.82) is 5.26 Å². The van der Waals surface area contributed by atoms with Crippen molar-refractivity contribution in [3.63, 3.8) is 0 Å². The summed E-state index contributed by atoms with van der Waals surface area (Å²) in [5.74, 6) is -0.875. The monoisotopic (exact) mass is 370 g/mol. The zero-order chi connectivity index (χ0) is 19.4. The molecular weight excluding hydrogens is 355 g/mol. The molecule has 1 aromatic carbocycles. The normalized spacial score (nSPS) is 22.0. The molecule has 0 fully saturated rings. The quantitative estimate of drug-likeness (QED) is 0.754. The van der Waals surface area contributed by atoms with Gasteiger partial charge in [-0.2, -0.15) is 18.4 Å². The minimum atomic E-state index is -4.80. The van der Waals surface area contributed by atoms with E-state index in [1.54, 1.807) is 6.07 Å². The second kappa shape index (κ2) is 5.81. The molecular formula is C18H15F5N2O. The summed E-state index contributed by atoms with van der Waals surface area (Å²) in [5.41, 5.74) is -2.87. The fourth-order valence-electron chi connectivity index (χ4n) is 3.38. The smallest absolute Gasteiger partial charge is 0.385 e. The van der Waals surface area contributed by atoms with Crippen molar-refractivity contribution < 1.29 is 27.1 Å². The van der Waals surface area contributed by atoms with E-state index in [1.165, 1.54) is 19.9 Å². The van der Waals surface area contributed by atoms with Crippen LogP contribution in [0.3, 0.4) is 0 Å². The van der Waals surface area contributed by atoms with E-state index in [4.69, 9.17) is 5.26 Å². The Labute approximate surface area is 146 Å². The number of alkyl halides is 4. The van der Waals surface area contributed by atoms with Gasteiger partial charge in [-0.3, -0.25) is 0 Å². The van der Waals surface area contributed by atoms with Gasteiger partial charge >= 0.3 is 6.18 Å². The molecule has 2 unspecified atom stereocenters. The number of aliphatic hydroxyl groups excluding tert-OH is 1. The lowest BCUT2D eigenvalue weighted by Crippen LogP contribution is -2.39. The Morgan fingerprint density at radius 1 is 1.31 bits per heavy atom. The zero-order valence-electron chi connectivity index (χ0n) is 13.9. The number of nitriles is 1. The first-order chi connectivity index (χ1) is 12.0. The molecule has 0 saturated heterocycles. The number of hydrogen-bond donors (Lipinski definition) is 1. The lowest BCUT2D eigenvalue weighted by atomic mass is 9.73. The van der Waals surface area contributed by atoms with Crippen LogP contribution < -0.4 is 0 Å². The Bertz CT molecular complexity index is 908. The Kier molecular flexibility index (Phi) is 4.11. The molecule has 1 aromatic heterocycles. The van der Waals surface area contributed by atoms with Crippen LogP contribution in [0.5, 0.6) is 0 Å². The number of hydrogen-bond acceptors (Lipinski definition) is 2. The molecule has 2 aromatic rings. The van der Waals surface area contributed by atoms with Gasteiger partial charge in [0.25, 0.3) is 0 Å². The van der Waals surface area contributed by atoms with Crippen molar-refractivity contribution in [3.8, 4) is 11.8 Å². The van der Waals surface area contributed by atoms with Crippen LogP contribution in [0.2, 0.25) is 0 Å². The van der Waals surface area contributed by atoms with E-state index < -0.39 is 40.8 Å². The van der Waals surface area contributed by atoms with E-state index in [-0.39, 0.29) is 23.4 Å². The van der Waals surface area contributed by atoms with Crippen LogP contribution in [-0.2, 0) is 12.6 Å². The van der Waals surface area contributed by atoms with Gasteiger partial charge in [0.1, 0.15) is 24.2 Å². The van der Waals surface area contributed by atoms with Gasteiger partial charge in [-0.1, -0.05) is 13.8 Å². The molecule has 0 aliphatic heterocycles. The summed E-state index contributed by atoms with van der Waals surface area (Å²) in [6.07, 6.45) is -7.94. The SMILES string of the molecule is CC1(C)Cc2c(c(C(F)(F)F)cn2-c2ccc(C#N)c(F)c2)C(O)C1F. The number of aromatic nitrogens is 1. The van der Waals surface area contributed by atoms with Crippen molar-refractivity contribution in [2.75, 3.05) is 0 Å². The van der Waals surface area contributed by atoms with Crippen LogP contribution in [-0.4, -0.2) is 15.8 Å². The van der Waals surface area contributed by atoms with E-state index in [2.05, 4.69) is 0 Å². The zero-order valence-corrected chi connectivity index (χ0v) is 13.9. The molecule has 2 atom stereocenters. The van der Waals surface area contributed by atoms with Crippen molar-refractivity contribution in [2.45, 2.75) is 38.7 Å². The maximum atomic E-state index is 14.5. The molecule has 3 rings (SSSR count). The average molecular weight is 370 g/mol. The maximum absolute atomic E-state index is 14.5. The number of benzene rings is 1. The number of rotatable bonds is 1. The first kappa shape index (κ1) is 18.4. The molecule has 1 aliphatic carbocycles. The second-order valence-electron chi connectivity index (χ2n) is 7.06. The fourth-order valence-corrected chi connectivity index (χ4v) is 3.38. The van der Waals surface area contributed by atoms with E-state index >= 15 is 0 Å². The summed E-state index contributed by atoms with van der Waals surface area (Å²) >= 11 is 0. The lowest BCUT2D eigenvalue weighted by molar-refractivity contribution is -0.140. The van der Waals surface area contributed by atoms with Gasteiger partial charge in [0.15, 0.2) is 0 Å². The Balaban J connectivity index is 2.27. The molecule has 0 bridgehead atoms. The van der Waals surface area contributed by atoms with Crippen LogP contribution in [0.4, 0.5) is 22.0 Å². The Morgan fingerprint density at radius 2 is 1.96 bits per heavy atom. The van der Waals surface area contributed by atoms with Gasteiger partial charge in [0, 0.05) is 28.6 Å². The average Bonchev–Trinajstić information content (AvgIpc) is 2.91. The Morgan fingerprint density at radius 3 is 2.50 bits per heavy atom. The first-order valence-corrected chi connectivity index (χ1v) is 7.81.